The fourth-order valence-corrected chi connectivity index (χ4v) is 4.07. The van der Waals surface area contributed by atoms with Crippen molar-refractivity contribution in [2.45, 2.75) is 32.3 Å². The summed E-state index contributed by atoms with van der Waals surface area (Å²) in [5, 5.41) is 0. The van der Waals surface area contributed by atoms with Gasteiger partial charge < -0.3 is 23.7 Å². The van der Waals surface area contributed by atoms with Crippen LogP contribution < -0.4 is 23.7 Å². The minimum atomic E-state index is -0.467. The van der Waals surface area contributed by atoms with E-state index in [2.05, 4.69) is 6.08 Å². The lowest BCUT2D eigenvalue weighted by Gasteiger charge is -2.38. The minimum absolute atomic E-state index is 0.0131. The highest BCUT2D eigenvalue weighted by Gasteiger charge is 2.44. The van der Waals surface area contributed by atoms with Crippen LogP contribution in [-0.4, -0.2) is 39.8 Å². The Morgan fingerprint density at radius 1 is 1.07 bits per heavy atom. The van der Waals surface area contributed by atoms with Crippen LogP contribution in [0.1, 0.15) is 41.3 Å². The van der Waals surface area contributed by atoms with Gasteiger partial charge in [0.2, 0.25) is 0 Å². The van der Waals surface area contributed by atoms with E-state index >= 15 is 0 Å². The highest BCUT2D eigenvalue weighted by Crippen LogP contribution is 2.48. The van der Waals surface area contributed by atoms with Crippen molar-refractivity contribution in [2.75, 3.05) is 27.9 Å². The number of ketones is 1. The van der Waals surface area contributed by atoms with Crippen molar-refractivity contribution in [3.8, 4) is 28.7 Å². The summed E-state index contributed by atoms with van der Waals surface area (Å²) in [7, 11) is 4.77. The second-order valence-corrected chi connectivity index (χ2v) is 7.66. The number of carbonyl (C=O) groups excluding carboxylic acids is 1. The molecule has 2 aromatic rings. The Labute approximate surface area is 176 Å². The molecular formula is C24H26O6. The average Bonchev–Trinajstić information content (AvgIpc) is 2.75. The summed E-state index contributed by atoms with van der Waals surface area (Å²) in [6.07, 6.45) is 2.30. The van der Waals surface area contributed by atoms with Crippen molar-refractivity contribution in [1.82, 2.24) is 0 Å². The number of ether oxygens (including phenoxy) is 5. The van der Waals surface area contributed by atoms with Gasteiger partial charge in [-0.15, -0.1) is 0 Å². The zero-order valence-electron chi connectivity index (χ0n) is 17.9. The van der Waals surface area contributed by atoms with E-state index in [1.54, 1.807) is 33.5 Å². The van der Waals surface area contributed by atoms with Crippen LogP contribution in [0.5, 0.6) is 28.7 Å². The van der Waals surface area contributed by atoms with Gasteiger partial charge in [-0.1, -0.05) is 11.6 Å². The molecule has 4 rings (SSSR count). The number of fused-ring (bicyclic) bond motifs is 4. The van der Waals surface area contributed by atoms with Crippen molar-refractivity contribution >= 4 is 5.78 Å². The van der Waals surface area contributed by atoms with Gasteiger partial charge in [-0.05, 0) is 38.5 Å². The van der Waals surface area contributed by atoms with Crippen molar-refractivity contribution in [2.24, 2.45) is 0 Å². The van der Waals surface area contributed by atoms with Crippen LogP contribution >= 0.6 is 0 Å². The van der Waals surface area contributed by atoms with Crippen LogP contribution in [0.2, 0.25) is 0 Å². The van der Waals surface area contributed by atoms with Gasteiger partial charge in [0.15, 0.2) is 17.3 Å². The topological polar surface area (TPSA) is 63.2 Å². The maximum Gasteiger partial charge on any atom is 0.178 e. The minimum Gasteiger partial charge on any atom is -0.496 e. The van der Waals surface area contributed by atoms with Crippen LogP contribution in [0.3, 0.4) is 0 Å². The average molecular weight is 410 g/mol. The Kier molecular flexibility index (Phi) is 5.33. The van der Waals surface area contributed by atoms with Gasteiger partial charge in [0.25, 0.3) is 0 Å². The standard InChI is InChI=1S/C24H26O6/c1-13(2)6-7-14-17(26-3)9-8-15-23(25)22-16-10-19(27-4)20(28-5)11-18(16)29-12-21(22)30-24(14)15/h6,8-11,21-22H,7,12H2,1-5H3/t21?,22-/m0/s1. The number of Topliss-reactive ketones (excluding diaryl/α,β-unsaturated/α-hetero) is 1. The summed E-state index contributed by atoms with van der Waals surface area (Å²) in [6.45, 7) is 4.35. The maximum atomic E-state index is 13.6. The van der Waals surface area contributed by atoms with E-state index < -0.39 is 12.0 Å². The summed E-state index contributed by atoms with van der Waals surface area (Å²) in [6, 6.07) is 7.20. The molecule has 0 saturated heterocycles. The fraction of sp³-hybridized carbons (Fsp3) is 0.375. The Bertz CT molecular complexity index is 1020. The monoisotopic (exact) mass is 410 g/mol. The molecule has 0 aliphatic carbocycles. The quantitative estimate of drug-likeness (QED) is 0.684. The lowest BCUT2D eigenvalue weighted by atomic mass is 9.81. The van der Waals surface area contributed by atoms with Gasteiger partial charge in [-0.25, -0.2) is 0 Å². The predicted octanol–water partition coefficient (Wildman–Crippen LogP) is 4.34. The lowest BCUT2D eigenvalue weighted by Crippen LogP contribution is -2.43. The molecule has 2 atom stereocenters. The van der Waals surface area contributed by atoms with Gasteiger partial charge in [-0.2, -0.15) is 0 Å². The van der Waals surface area contributed by atoms with Gasteiger partial charge in [-0.3, -0.25) is 4.79 Å². The first-order chi connectivity index (χ1) is 14.5. The first kappa shape index (κ1) is 20.1. The van der Waals surface area contributed by atoms with Crippen LogP contribution in [0, 0.1) is 0 Å². The third-order valence-electron chi connectivity index (χ3n) is 5.59. The molecule has 0 amide bonds. The molecule has 0 bridgehead atoms. The Hall–Kier alpha value is -3.15. The number of hydrogen-bond donors (Lipinski definition) is 0. The molecule has 0 saturated carbocycles. The SMILES string of the molecule is COc1cc2c(cc1OC)[C@@H]1C(=O)c3ccc(OC)c(CC=C(C)C)c3OC1CO2. The van der Waals surface area contributed by atoms with Gasteiger partial charge in [0.1, 0.15) is 30.0 Å². The predicted molar refractivity (Wildman–Crippen MR) is 113 cm³/mol. The molecule has 2 aliphatic rings. The second kappa shape index (κ2) is 7.94. The molecular weight excluding hydrogens is 384 g/mol. The highest BCUT2D eigenvalue weighted by molar-refractivity contribution is 6.05. The molecule has 158 valence electrons. The van der Waals surface area contributed by atoms with Crippen molar-refractivity contribution in [3.05, 3.63) is 52.6 Å². The number of rotatable bonds is 5. The molecule has 0 fully saturated rings. The third kappa shape index (κ3) is 3.26. The van der Waals surface area contributed by atoms with Crippen LogP contribution in [0.15, 0.2) is 35.9 Å². The molecule has 0 N–H and O–H groups in total. The molecule has 0 aromatic heterocycles. The summed E-state index contributed by atoms with van der Waals surface area (Å²) >= 11 is 0. The second-order valence-electron chi connectivity index (χ2n) is 7.66. The van der Waals surface area contributed by atoms with E-state index in [4.69, 9.17) is 23.7 Å². The molecule has 2 aliphatic heterocycles. The molecule has 2 heterocycles. The largest absolute Gasteiger partial charge is 0.496 e. The first-order valence-electron chi connectivity index (χ1n) is 9.91. The van der Waals surface area contributed by atoms with Crippen LogP contribution in [0.4, 0.5) is 0 Å². The number of allylic oxidation sites excluding steroid dienone is 2. The molecule has 6 heteroatoms. The van der Waals surface area contributed by atoms with E-state index in [9.17, 15) is 4.79 Å². The molecule has 6 nitrogen and oxygen atoms in total. The van der Waals surface area contributed by atoms with Crippen LogP contribution in [-0.2, 0) is 6.42 Å². The molecule has 1 unspecified atom stereocenters. The molecule has 30 heavy (non-hydrogen) atoms. The Morgan fingerprint density at radius 2 is 1.77 bits per heavy atom. The highest BCUT2D eigenvalue weighted by atomic mass is 16.5. The number of benzene rings is 2. The first-order valence-corrected chi connectivity index (χ1v) is 9.91. The number of carbonyl (C=O) groups is 1. The van der Waals surface area contributed by atoms with E-state index in [-0.39, 0.29) is 12.4 Å². The molecule has 0 radical (unpaired) electrons. The molecule has 0 spiro atoms. The van der Waals surface area contributed by atoms with Gasteiger partial charge in [0.05, 0.1) is 32.8 Å². The fourth-order valence-electron chi connectivity index (χ4n) is 4.07. The molecule has 2 aromatic carbocycles. The normalized spacial score (nSPS) is 18.8. The Morgan fingerprint density at radius 3 is 2.43 bits per heavy atom. The third-order valence-corrected chi connectivity index (χ3v) is 5.59. The van der Waals surface area contributed by atoms with Gasteiger partial charge >= 0.3 is 0 Å². The summed E-state index contributed by atoms with van der Waals surface area (Å²) in [4.78, 5) is 13.6. The zero-order chi connectivity index (χ0) is 21.4. The lowest BCUT2D eigenvalue weighted by molar-refractivity contribution is 0.0553. The van der Waals surface area contributed by atoms with Crippen molar-refractivity contribution < 1.29 is 28.5 Å². The summed E-state index contributed by atoms with van der Waals surface area (Å²) in [5.41, 5.74) is 3.38. The summed E-state index contributed by atoms with van der Waals surface area (Å²) < 4.78 is 28.7. The maximum absolute atomic E-state index is 13.6. The van der Waals surface area contributed by atoms with E-state index in [1.165, 1.54) is 5.57 Å². The zero-order valence-corrected chi connectivity index (χ0v) is 17.9. The van der Waals surface area contributed by atoms with Crippen molar-refractivity contribution in [1.29, 1.82) is 0 Å². The van der Waals surface area contributed by atoms with E-state index in [1.807, 2.05) is 26.0 Å². The smallest absolute Gasteiger partial charge is 0.178 e. The van der Waals surface area contributed by atoms with E-state index in [0.717, 1.165) is 11.1 Å². The number of hydrogen-bond acceptors (Lipinski definition) is 6. The van der Waals surface area contributed by atoms with E-state index in [0.29, 0.717) is 40.7 Å². The van der Waals surface area contributed by atoms with Gasteiger partial charge in [0, 0.05) is 17.2 Å². The van der Waals surface area contributed by atoms with Crippen LogP contribution in [0.25, 0.3) is 0 Å². The number of methoxy groups -OCH3 is 3. The Balaban J connectivity index is 1.81. The van der Waals surface area contributed by atoms with Crippen molar-refractivity contribution in [3.63, 3.8) is 0 Å². The summed E-state index contributed by atoms with van der Waals surface area (Å²) in [5.74, 6) is 2.58.